The third-order valence-electron chi connectivity index (χ3n) is 3.68. The van der Waals surface area contributed by atoms with Gasteiger partial charge in [0, 0.05) is 11.1 Å². The van der Waals surface area contributed by atoms with Crippen LogP contribution in [-0.4, -0.2) is 16.5 Å². The summed E-state index contributed by atoms with van der Waals surface area (Å²) in [6.07, 6.45) is 0. The van der Waals surface area contributed by atoms with Crippen LogP contribution in [0.2, 0.25) is 0 Å². The molecule has 118 valence electrons. The number of phenolic OH excluding ortho intramolecular Hbond substituents is 1. The summed E-state index contributed by atoms with van der Waals surface area (Å²) >= 11 is 0. The number of nitrogens with zero attached hydrogens (tertiary/aromatic N) is 2. The molecule has 0 fully saturated rings. The summed E-state index contributed by atoms with van der Waals surface area (Å²) in [6, 6.07) is 27.0. The molecule has 0 unspecified atom stereocenters. The van der Waals surface area contributed by atoms with E-state index in [1.807, 2.05) is 79.7 Å². The van der Waals surface area contributed by atoms with Crippen molar-refractivity contribution in [2.75, 3.05) is 0 Å². The summed E-state index contributed by atoms with van der Waals surface area (Å²) in [5, 5.41) is 18.3. The van der Waals surface area contributed by atoms with Crippen molar-refractivity contribution in [2.24, 2.45) is 10.2 Å². The van der Waals surface area contributed by atoms with E-state index in [4.69, 9.17) is 0 Å². The molecule has 0 aliphatic carbocycles. The van der Waals surface area contributed by atoms with Gasteiger partial charge in [0.05, 0.1) is 5.71 Å². The number of rotatable bonds is 4. The van der Waals surface area contributed by atoms with Crippen molar-refractivity contribution < 1.29 is 5.11 Å². The van der Waals surface area contributed by atoms with Crippen molar-refractivity contribution in [3.63, 3.8) is 0 Å². The highest BCUT2D eigenvalue weighted by Gasteiger charge is 2.06. The third kappa shape index (κ3) is 3.76. The van der Waals surface area contributed by atoms with E-state index in [-0.39, 0.29) is 5.75 Å². The smallest absolute Gasteiger partial charge is 0.115 e. The zero-order valence-electron chi connectivity index (χ0n) is 13.4. The second-order valence-corrected chi connectivity index (χ2v) is 5.41. The largest absolute Gasteiger partial charge is 0.508 e. The lowest BCUT2D eigenvalue weighted by Crippen LogP contribution is -2.03. The number of phenols is 1. The predicted octanol–water partition coefficient (Wildman–Crippen LogP) is 4.65. The maximum absolute atomic E-state index is 9.39. The first-order valence-corrected chi connectivity index (χ1v) is 7.76. The Morgan fingerprint density at radius 2 is 1.12 bits per heavy atom. The number of benzene rings is 3. The van der Waals surface area contributed by atoms with E-state index in [1.165, 1.54) is 0 Å². The first-order valence-electron chi connectivity index (χ1n) is 7.76. The van der Waals surface area contributed by atoms with Crippen LogP contribution in [0.1, 0.15) is 23.6 Å². The fraction of sp³-hybridized carbons (Fsp3) is 0.0476. The predicted molar refractivity (Wildman–Crippen MR) is 98.8 cm³/mol. The average molecular weight is 314 g/mol. The zero-order chi connectivity index (χ0) is 16.8. The highest BCUT2D eigenvalue weighted by Crippen LogP contribution is 2.13. The molecule has 0 radical (unpaired) electrons. The molecule has 3 rings (SSSR count). The molecule has 0 heterocycles. The first kappa shape index (κ1) is 15.7. The van der Waals surface area contributed by atoms with Crippen LogP contribution in [-0.2, 0) is 0 Å². The highest BCUT2D eigenvalue weighted by molar-refractivity contribution is 6.13. The lowest BCUT2D eigenvalue weighted by molar-refractivity contribution is 0.475. The summed E-state index contributed by atoms with van der Waals surface area (Å²) in [5.41, 5.74) is 4.59. The zero-order valence-corrected chi connectivity index (χ0v) is 13.4. The van der Waals surface area contributed by atoms with Crippen LogP contribution in [0, 0.1) is 0 Å². The average Bonchev–Trinajstić information content (AvgIpc) is 2.64. The molecule has 0 saturated heterocycles. The molecule has 0 amide bonds. The molecule has 0 saturated carbocycles. The van der Waals surface area contributed by atoms with Gasteiger partial charge in [0.1, 0.15) is 11.5 Å². The monoisotopic (exact) mass is 314 g/mol. The van der Waals surface area contributed by atoms with E-state index in [1.54, 1.807) is 12.1 Å². The van der Waals surface area contributed by atoms with Crippen LogP contribution in [0.25, 0.3) is 0 Å². The van der Waals surface area contributed by atoms with E-state index in [9.17, 15) is 5.11 Å². The second-order valence-electron chi connectivity index (χ2n) is 5.41. The fourth-order valence-corrected chi connectivity index (χ4v) is 2.36. The summed E-state index contributed by atoms with van der Waals surface area (Å²) < 4.78 is 0. The van der Waals surface area contributed by atoms with Crippen molar-refractivity contribution in [3.05, 3.63) is 102 Å². The van der Waals surface area contributed by atoms with Crippen LogP contribution < -0.4 is 0 Å². The van der Waals surface area contributed by atoms with Crippen LogP contribution in [0.5, 0.6) is 5.75 Å². The van der Waals surface area contributed by atoms with Crippen molar-refractivity contribution in [1.29, 1.82) is 0 Å². The molecule has 0 spiro atoms. The quantitative estimate of drug-likeness (QED) is 0.553. The van der Waals surface area contributed by atoms with E-state index in [0.717, 1.165) is 28.1 Å². The third-order valence-corrected chi connectivity index (χ3v) is 3.68. The number of aromatic hydroxyl groups is 1. The minimum absolute atomic E-state index is 0.240. The number of hydrogen-bond donors (Lipinski definition) is 1. The first-order chi connectivity index (χ1) is 11.7. The Labute approximate surface area is 141 Å². The Morgan fingerprint density at radius 3 is 1.62 bits per heavy atom. The normalized spacial score (nSPS) is 11.1. The van der Waals surface area contributed by atoms with Gasteiger partial charge in [-0.15, -0.1) is 5.10 Å². The van der Waals surface area contributed by atoms with E-state index in [0.29, 0.717) is 0 Å². The molecule has 0 atom stereocenters. The van der Waals surface area contributed by atoms with Gasteiger partial charge in [-0.25, -0.2) is 0 Å². The SMILES string of the molecule is C/C(=N\N=C(c1ccccc1)c1ccccc1)c1ccc(O)cc1. The Hall–Kier alpha value is -3.20. The van der Waals surface area contributed by atoms with E-state index >= 15 is 0 Å². The van der Waals surface area contributed by atoms with Gasteiger partial charge in [-0.3, -0.25) is 0 Å². The Morgan fingerprint density at radius 1 is 0.625 bits per heavy atom. The van der Waals surface area contributed by atoms with Crippen molar-refractivity contribution in [1.82, 2.24) is 0 Å². The summed E-state index contributed by atoms with van der Waals surface area (Å²) in [4.78, 5) is 0. The van der Waals surface area contributed by atoms with Crippen molar-refractivity contribution in [3.8, 4) is 5.75 Å². The Bertz CT molecular complexity index is 810. The van der Waals surface area contributed by atoms with Crippen LogP contribution >= 0.6 is 0 Å². The van der Waals surface area contributed by atoms with E-state index < -0.39 is 0 Å². The summed E-state index contributed by atoms with van der Waals surface area (Å²) in [5.74, 6) is 0.240. The Kier molecular flexibility index (Phi) is 4.82. The van der Waals surface area contributed by atoms with Crippen LogP contribution in [0.3, 0.4) is 0 Å². The number of hydrogen-bond acceptors (Lipinski definition) is 3. The van der Waals surface area contributed by atoms with Gasteiger partial charge in [-0.2, -0.15) is 5.10 Å². The molecule has 0 aromatic heterocycles. The molecule has 1 N–H and O–H groups in total. The van der Waals surface area contributed by atoms with Gasteiger partial charge in [-0.1, -0.05) is 60.7 Å². The van der Waals surface area contributed by atoms with Gasteiger partial charge >= 0.3 is 0 Å². The summed E-state index contributed by atoms with van der Waals surface area (Å²) in [6.45, 7) is 1.91. The van der Waals surface area contributed by atoms with Crippen LogP contribution in [0.15, 0.2) is 95.1 Å². The van der Waals surface area contributed by atoms with Crippen molar-refractivity contribution >= 4 is 11.4 Å². The van der Waals surface area contributed by atoms with Gasteiger partial charge in [-0.05, 0) is 36.8 Å². The molecule has 3 aromatic rings. The lowest BCUT2D eigenvalue weighted by Gasteiger charge is -2.06. The molecule has 3 aromatic carbocycles. The lowest BCUT2D eigenvalue weighted by atomic mass is 10.0. The molecule has 0 aliphatic heterocycles. The van der Waals surface area contributed by atoms with Crippen LogP contribution in [0.4, 0.5) is 0 Å². The molecule has 24 heavy (non-hydrogen) atoms. The van der Waals surface area contributed by atoms with Gasteiger partial charge in [0.25, 0.3) is 0 Å². The van der Waals surface area contributed by atoms with Gasteiger partial charge in [0.15, 0.2) is 0 Å². The molecule has 0 aliphatic rings. The molecule has 3 nitrogen and oxygen atoms in total. The summed E-state index contributed by atoms with van der Waals surface area (Å²) in [7, 11) is 0. The van der Waals surface area contributed by atoms with Gasteiger partial charge in [0.2, 0.25) is 0 Å². The molecule has 3 heteroatoms. The highest BCUT2D eigenvalue weighted by atomic mass is 16.3. The maximum atomic E-state index is 9.39. The minimum Gasteiger partial charge on any atom is -0.508 e. The van der Waals surface area contributed by atoms with Gasteiger partial charge < -0.3 is 5.11 Å². The minimum atomic E-state index is 0.240. The topological polar surface area (TPSA) is 45.0 Å². The second kappa shape index (κ2) is 7.38. The van der Waals surface area contributed by atoms with E-state index in [2.05, 4.69) is 10.2 Å². The maximum Gasteiger partial charge on any atom is 0.115 e. The molecule has 0 bridgehead atoms. The Balaban J connectivity index is 2.01. The fourth-order valence-electron chi connectivity index (χ4n) is 2.36. The molecular weight excluding hydrogens is 296 g/mol. The molecular formula is C21H18N2O. The standard InChI is InChI=1S/C21H18N2O/c1-16(17-12-14-20(24)15-13-17)22-23-21(18-8-4-2-5-9-18)19-10-6-3-7-11-19/h2-15,24H,1H3/b22-16+. The van der Waals surface area contributed by atoms with Crippen molar-refractivity contribution in [2.45, 2.75) is 6.92 Å².